The van der Waals surface area contributed by atoms with Crippen LogP contribution in [0.3, 0.4) is 0 Å². The summed E-state index contributed by atoms with van der Waals surface area (Å²) in [5.74, 6) is -1.02. The van der Waals surface area contributed by atoms with Gasteiger partial charge in [-0.3, -0.25) is 14.5 Å². The third-order valence-electron chi connectivity index (χ3n) is 5.72. The second kappa shape index (κ2) is 7.58. The molecule has 4 rings (SSSR count). The molecule has 1 amide bonds. The van der Waals surface area contributed by atoms with Gasteiger partial charge in [0.2, 0.25) is 5.95 Å². The van der Waals surface area contributed by atoms with Crippen LogP contribution in [0.5, 0.6) is 5.75 Å². The van der Waals surface area contributed by atoms with Crippen molar-refractivity contribution in [2.75, 3.05) is 12.0 Å². The number of H-pyrrole nitrogens is 1. The lowest BCUT2D eigenvalue weighted by Gasteiger charge is -2.25. The van der Waals surface area contributed by atoms with Gasteiger partial charge in [-0.1, -0.05) is 26.0 Å². The maximum atomic E-state index is 13.2. The number of benzene rings is 2. The molecule has 2 heterocycles. The molecular weight excluding hydrogens is 394 g/mol. The number of aliphatic hydroxyl groups is 1. The van der Waals surface area contributed by atoms with E-state index in [-0.39, 0.29) is 23.2 Å². The maximum absolute atomic E-state index is 13.2. The monoisotopic (exact) mass is 419 g/mol. The number of Topliss-reactive ketones (excluding diaryl/α,β-unsaturated/α-hetero) is 1. The summed E-state index contributed by atoms with van der Waals surface area (Å²) in [5, 5.41) is 10.7. The fraction of sp³-hybridized carbons (Fsp3) is 0.292. The third kappa shape index (κ3) is 3.36. The molecule has 0 radical (unpaired) electrons. The Morgan fingerprint density at radius 3 is 2.58 bits per heavy atom. The zero-order valence-electron chi connectivity index (χ0n) is 18.2. The SMILES string of the molecule is COc1cccc(C2C(C(=O)C(C)C)=C(O)C(=O)N2c2nc3cc(C)c(C)cc3[nH]2)c1. The van der Waals surface area contributed by atoms with Crippen molar-refractivity contribution < 1.29 is 19.4 Å². The van der Waals surface area contributed by atoms with Crippen molar-refractivity contribution >= 4 is 28.7 Å². The quantitative estimate of drug-likeness (QED) is 0.642. The molecule has 1 aliphatic rings. The van der Waals surface area contributed by atoms with Gasteiger partial charge in [-0.05, 0) is 54.8 Å². The number of carbonyl (C=O) groups is 2. The Hall–Kier alpha value is -3.61. The van der Waals surface area contributed by atoms with Crippen LogP contribution >= 0.6 is 0 Å². The minimum atomic E-state index is -0.819. The molecule has 2 aromatic carbocycles. The summed E-state index contributed by atoms with van der Waals surface area (Å²) >= 11 is 0. The number of ether oxygens (including phenoxy) is 1. The first-order valence-electron chi connectivity index (χ1n) is 10.1. The van der Waals surface area contributed by atoms with Crippen molar-refractivity contribution in [3.63, 3.8) is 0 Å². The predicted octanol–water partition coefficient (Wildman–Crippen LogP) is 4.31. The molecule has 7 nitrogen and oxygen atoms in total. The highest BCUT2D eigenvalue weighted by Crippen LogP contribution is 2.42. The normalized spacial score (nSPS) is 16.6. The molecule has 160 valence electrons. The average Bonchev–Trinajstić information content (AvgIpc) is 3.25. The molecule has 0 bridgehead atoms. The Bertz CT molecular complexity index is 1200. The summed E-state index contributed by atoms with van der Waals surface area (Å²) in [6, 6.07) is 10.2. The van der Waals surface area contributed by atoms with E-state index in [0.29, 0.717) is 16.8 Å². The smallest absolute Gasteiger partial charge is 0.296 e. The lowest BCUT2D eigenvalue weighted by atomic mass is 9.91. The van der Waals surface area contributed by atoms with Gasteiger partial charge in [0.05, 0.1) is 29.8 Å². The summed E-state index contributed by atoms with van der Waals surface area (Å²) in [5.41, 5.74) is 4.38. The van der Waals surface area contributed by atoms with E-state index in [1.807, 2.05) is 26.0 Å². The van der Waals surface area contributed by atoms with Crippen LogP contribution in [0.1, 0.15) is 36.6 Å². The molecule has 0 fully saturated rings. The first-order chi connectivity index (χ1) is 14.7. The second-order valence-electron chi connectivity index (χ2n) is 8.15. The number of hydrogen-bond donors (Lipinski definition) is 2. The van der Waals surface area contributed by atoms with Gasteiger partial charge >= 0.3 is 0 Å². The fourth-order valence-electron chi connectivity index (χ4n) is 3.88. The molecule has 1 aliphatic heterocycles. The van der Waals surface area contributed by atoms with E-state index in [4.69, 9.17) is 4.74 Å². The minimum Gasteiger partial charge on any atom is -0.503 e. The van der Waals surface area contributed by atoms with Gasteiger partial charge in [0.15, 0.2) is 11.5 Å². The van der Waals surface area contributed by atoms with Gasteiger partial charge in [0.25, 0.3) is 5.91 Å². The van der Waals surface area contributed by atoms with Crippen molar-refractivity contribution in [1.29, 1.82) is 0 Å². The molecule has 1 aromatic heterocycles. The number of aryl methyl sites for hydroxylation is 2. The minimum absolute atomic E-state index is 0.0704. The number of aromatic amines is 1. The summed E-state index contributed by atoms with van der Waals surface area (Å²) in [6.07, 6.45) is 0. The first kappa shape index (κ1) is 20.7. The third-order valence-corrected chi connectivity index (χ3v) is 5.72. The van der Waals surface area contributed by atoms with Crippen molar-refractivity contribution in [3.05, 3.63) is 64.4 Å². The van der Waals surface area contributed by atoms with Gasteiger partial charge in [-0.2, -0.15) is 0 Å². The number of fused-ring (bicyclic) bond motifs is 1. The van der Waals surface area contributed by atoms with Gasteiger partial charge in [-0.25, -0.2) is 4.98 Å². The number of ketones is 1. The number of amides is 1. The molecule has 1 unspecified atom stereocenters. The van der Waals surface area contributed by atoms with E-state index in [9.17, 15) is 14.7 Å². The van der Waals surface area contributed by atoms with Crippen LogP contribution in [0.15, 0.2) is 47.7 Å². The number of nitrogens with one attached hydrogen (secondary N) is 1. The Morgan fingerprint density at radius 2 is 1.90 bits per heavy atom. The number of hydrogen-bond acceptors (Lipinski definition) is 5. The summed E-state index contributed by atoms with van der Waals surface area (Å²) in [4.78, 5) is 35.3. The molecule has 2 N–H and O–H groups in total. The van der Waals surface area contributed by atoms with Crippen LogP contribution in [0.2, 0.25) is 0 Å². The zero-order chi connectivity index (χ0) is 22.4. The van der Waals surface area contributed by atoms with Gasteiger partial charge < -0.3 is 14.8 Å². The van der Waals surface area contributed by atoms with E-state index in [0.717, 1.165) is 16.6 Å². The largest absolute Gasteiger partial charge is 0.503 e. The highest BCUT2D eigenvalue weighted by Gasteiger charge is 2.46. The maximum Gasteiger partial charge on any atom is 0.296 e. The van der Waals surface area contributed by atoms with Crippen molar-refractivity contribution in [1.82, 2.24) is 9.97 Å². The van der Waals surface area contributed by atoms with Gasteiger partial charge in [-0.15, -0.1) is 0 Å². The Morgan fingerprint density at radius 1 is 1.19 bits per heavy atom. The summed E-state index contributed by atoms with van der Waals surface area (Å²) in [7, 11) is 1.55. The number of anilines is 1. The first-order valence-corrected chi connectivity index (χ1v) is 10.1. The van der Waals surface area contributed by atoms with E-state index in [1.165, 1.54) is 4.90 Å². The standard InChI is InChI=1S/C24H25N3O4/c1-12(2)21(28)19-20(15-7-6-8-16(11-15)31-5)27(23(30)22(19)29)24-25-17-9-13(3)14(4)10-18(17)26-24/h6-12,20,29H,1-5H3,(H,25,26). The highest BCUT2D eigenvalue weighted by molar-refractivity contribution is 6.16. The molecule has 31 heavy (non-hydrogen) atoms. The van der Waals surface area contributed by atoms with Crippen LogP contribution < -0.4 is 9.64 Å². The van der Waals surface area contributed by atoms with E-state index in [2.05, 4.69) is 9.97 Å². The number of methoxy groups -OCH3 is 1. The van der Waals surface area contributed by atoms with Crippen LogP contribution in [0.25, 0.3) is 11.0 Å². The predicted molar refractivity (Wildman–Crippen MR) is 118 cm³/mol. The van der Waals surface area contributed by atoms with Crippen molar-refractivity contribution in [2.45, 2.75) is 33.7 Å². The Labute approximate surface area is 180 Å². The number of imidazole rings is 1. The fourth-order valence-corrected chi connectivity index (χ4v) is 3.88. The van der Waals surface area contributed by atoms with E-state index in [1.54, 1.807) is 45.2 Å². The Balaban J connectivity index is 1.91. The van der Waals surface area contributed by atoms with Crippen LogP contribution in [0.4, 0.5) is 5.95 Å². The molecular formula is C24H25N3O4. The molecule has 0 saturated heterocycles. The van der Waals surface area contributed by atoms with Crippen LogP contribution in [0, 0.1) is 19.8 Å². The second-order valence-corrected chi connectivity index (χ2v) is 8.15. The van der Waals surface area contributed by atoms with E-state index < -0.39 is 17.7 Å². The van der Waals surface area contributed by atoms with Crippen molar-refractivity contribution in [2.24, 2.45) is 5.92 Å². The zero-order valence-corrected chi connectivity index (χ0v) is 18.2. The lowest BCUT2D eigenvalue weighted by molar-refractivity contribution is -0.119. The van der Waals surface area contributed by atoms with Crippen LogP contribution in [-0.2, 0) is 9.59 Å². The molecule has 0 saturated carbocycles. The van der Waals surface area contributed by atoms with Gasteiger partial charge in [0, 0.05) is 5.92 Å². The van der Waals surface area contributed by atoms with Crippen molar-refractivity contribution in [3.8, 4) is 5.75 Å². The number of nitrogens with zero attached hydrogens (tertiary/aromatic N) is 2. The van der Waals surface area contributed by atoms with Crippen LogP contribution in [-0.4, -0.2) is 33.9 Å². The van der Waals surface area contributed by atoms with Gasteiger partial charge in [0.1, 0.15) is 5.75 Å². The number of carbonyl (C=O) groups excluding carboxylic acids is 2. The molecule has 3 aromatic rings. The molecule has 7 heteroatoms. The molecule has 1 atom stereocenters. The number of aliphatic hydroxyl groups excluding tert-OH is 1. The molecule has 0 aliphatic carbocycles. The average molecular weight is 419 g/mol. The lowest BCUT2D eigenvalue weighted by Crippen LogP contribution is -2.32. The highest BCUT2D eigenvalue weighted by atomic mass is 16.5. The number of aromatic nitrogens is 2. The Kier molecular flexibility index (Phi) is 5.05. The summed E-state index contributed by atoms with van der Waals surface area (Å²) < 4.78 is 5.34. The summed E-state index contributed by atoms with van der Waals surface area (Å²) in [6.45, 7) is 7.48. The molecule has 0 spiro atoms. The number of rotatable bonds is 5. The van der Waals surface area contributed by atoms with E-state index >= 15 is 0 Å². The topological polar surface area (TPSA) is 95.5 Å².